The third kappa shape index (κ3) is 3.45. The molecule has 0 unspecified atom stereocenters. The Labute approximate surface area is 105 Å². The summed E-state index contributed by atoms with van der Waals surface area (Å²) in [4.78, 5) is 23.5. The quantitative estimate of drug-likeness (QED) is 0.605. The number of imide groups is 1. The SMILES string of the molecule is C=COC=C.O=C1C=CC(=O)N1c1ccccc1. The highest BCUT2D eigenvalue weighted by Crippen LogP contribution is 2.17. The third-order valence-electron chi connectivity index (χ3n) is 2.02. The molecule has 1 aliphatic heterocycles. The number of amides is 2. The Hall–Kier alpha value is -2.62. The molecule has 4 heteroatoms. The smallest absolute Gasteiger partial charge is 0.258 e. The van der Waals surface area contributed by atoms with E-state index in [1.165, 1.54) is 24.7 Å². The Kier molecular flexibility index (Phi) is 5.12. The Bertz CT molecular complexity index is 453. The number of hydrogen-bond acceptors (Lipinski definition) is 3. The minimum Gasteiger partial charge on any atom is -0.474 e. The van der Waals surface area contributed by atoms with Gasteiger partial charge in [-0.25, -0.2) is 4.90 Å². The van der Waals surface area contributed by atoms with Crippen LogP contribution in [0.1, 0.15) is 0 Å². The number of nitrogens with zero attached hydrogens (tertiary/aromatic N) is 1. The second-order valence-corrected chi connectivity index (χ2v) is 3.15. The fourth-order valence-electron chi connectivity index (χ4n) is 1.30. The number of benzene rings is 1. The van der Waals surface area contributed by atoms with Gasteiger partial charge in [-0.1, -0.05) is 31.4 Å². The highest BCUT2D eigenvalue weighted by atomic mass is 16.5. The van der Waals surface area contributed by atoms with Crippen molar-refractivity contribution >= 4 is 17.5 Å². The molecule has 4 nitrogen and oxygen atoms in total. The van der Waals surface area contributed by atoms with Crippen molar-refractivity contribution in [3.05, 3.63) is 68.2 Å². The van der Waals surface area contributed by atoms with Gasteiger partial charge in [-0.3, -0.25) is 9.59 Å². The molecular weight excluding hydrogens is 230 g/mol. The molecule has 0 spiro atoms. The van der Waals surface area contributed by atoms with Crippen LogP contribution in [-0.4, -0.2) is 11.8 Å². The predicted molar refractivity (Wildman–Crippen MR) is 69.6 cm³/mol. The third-order valence-corrected chi connectivity index (χ3v) is 2.02. The lowest BCUT2D eigenvalue weighted by Gasteiger charge is -2.12. The second kappa shape index (κ2) is 6.85. The molecule has 1 heterocycles. The molecule has 2 amide bonds. The van der Waals surface area contributed by atoms with Crippen LogP contribution in [0.4, 0.5) is 5.69 Å². The molecule has 2 rings (SSSR count). The molecule has 0 radical (unpaired) electrons. The van der Waals surface area contributed by atoms with Crippen LogP contribution >= 0.6 is 0 Å². The maximum atomic E-state index is 11.2. The zero-order chi connectivity index (χ0) is 13.4. The van der Waals surface area contributed by atoms with Gasteiger partial charge >= 0.3 is 0 Å². The van der Waals surface area contributed by atoms with Gasteiger partial charge in [0.25, 0.3) is 11.8 Å². The summed E-state index contributed by atoms with van der Waals surface area (Å²) in [5, 5.41) is 0. The van der Waals surface area contributed by atoms with Crippen molar-refractivity contribution in [2.24, 2.45) is 0 Å². The minimum atomic E-state index is -0.281. The van der Waals surface area contributed by atoms with Gasteiger partial charge in [0.05, 0.1) is 18.2 Å². The van der Waals surface area contributed by atoms with Crippen molar-refractivity contribution in [1.29, 1.82) is 0 Å². The lowest BCUT2D eigenvalue weighted by molar-refractivity contribution is -0.119. The first kappa shape index (κ1) is 13.4. The molecule has 92 valence electrons. The summed E-state index contributed by atoms with van der Waals surface area (Å²) >= 11 is 0. The average Bonchev–Trinajstić information content (AvgIpc) is 2.72. The van der Waals surface area contributed by atoms with Crippen LogP contribution in [0.2, 0.25) is 0 Å². The standard InChI is InChI=1S/C10H7NO2.C4H6O/c12-9-6-7-10(13)11(9)8-4-2-1-3-5-8;1-3-5-4-2/h1-7H;3-4H,1-2H2. The monoisotopic (exact) mass is 243 g/mol. The topological polar surface area (TPSA) is 46.6 Å². The van der Waals surface area contributed by atoms with Gasteiger partial charge in [0, 0.05) is 12.2 Å². The van der Waals surface area contributed by atoms with Crippen LogP contribution < -0.4 is 4.90 Å². The first-order valence-electron chi connectivity index (χ1n) is 5.19. The number of carbonyl (C=O) groups is 2. The Morgan fingerprint density at radius 1 is 0.944 bits per heavy atom. The summed E-state index contributed by atoms with van der Waals surface area (Å²) in [6.45, 7) is 6.51. The molecule has 1 aliphatic rings. The van der Waals surface area contributed by atoms with Gasteiger partial charge in [-0.2, -0.15) is 0 Å². The van der Waals surface area contributed by atoms with Crippen LogP contribution in [0.3, 0.4) is 0 Å². The Morgan fingerprint density at radius 3 is 1.83 bits per heavy atom. The first-order chi connectivity index (χ1) is 8.70. The normalized spacial score (nSPS) is 12.8. The van der Waals surface area contributed by atoms with E-state index >= 15 is 0 Å². The summed E-state index contributed by atoms with van der Waals surface area (Å²) in [5.41, 5.74) is 0.613. The Morgan fingerprint density at radius 2 is 1.44 bits per heavy atom. The van der Waals surface area contributed by atoms with Gasteiger partial charge in [-0.05, 0) is 12.1 Å². The summed E-state index contributed by atoms with van der Waals surface area (Å²) in [7, 11) is 0. The molecular formula is C14H13NO3. The van der Waals surface area contributed by atoms with E-state index in [4.69, 9.17) is 0 Å². The molecule has 0 saturated heterocycles. The molecule has 0 bridgehead atoms. The lowest BCUT2D eigenvalue weighted by Crippen LogP contribution is -2.29. The number of carbonyl (C=O) groups excluding carboxylic acids is 2. The van der Waals surface area contributed by atoms with Crippen LogP contribution in [0, 0.1) is 0 Å². The van der Waals surface area contributed by atoms with Crippen molar-refractivity contribution in [2.45, 2.75) is 0 Å². The van der Waals surface area contributed by atoms with E-state index in [1.54, 1.807) is 24.3 Å². The summed E-state index contributed by atoms with van der Waals surface area (Å²) in [6, 6.07) is 8.86. The van der Waals surface area contributed by atoms with Crippen molar-refractivity contribution in [3.8, 4) is 0 Å². The van der Waals surface area contributed by atoms with Crippen LogP contribution in [0.15, 0.2) is 68.2 Å². The van der Waals surface area contributed by atoms with Gasteiger partial charge < -0.3 is 4.74 Å². The number of anilines is 1. The fourth-order valence-corrected chi connectivity index (χ4v) is 1.30. The lowest BCUT2D eigenvalue weighted by atomic mass is 10.3. The first-order valence-corrected chi connectivity index (χ1v) is 5.19. The number of hydrogen-bond donors (Lipinski definition) is 0. The van der Waals surface area contributed by atoms with Gasteiger partial charge in [0.2, 0.25) is 0 Å². The molecule has 0 saturated carbocycles. The molecule has 1 aromatic carbocycles. The highest BCUT2D eigenvalue weighted by molar-refractivity contribution is 6.28. The predicted octanol–water partition coefficient (Wildman–Crippen LogP) is 2.41. The van der Waals surface area contributed by atoms with Gasteiger partial charge in [0.1, 0.15) is 0 Å². The molecule has 18 heavy (non-hydrogen) atoms. The maximum absolute atomic E-state index is 11.2. The van der Waals surface area contributed by atoms with Crippen LogP contribution in [-0.2, 0) is 14.3 Å². The van der Waals surface area contributed by atoms with E-state index < -0.39 is 0 Å². The Balaban J connectivity index is 0.000000280. The van der Waals surface area contributed by atoms with E-state index in [1.807, 2.05) is 6.07 Å². The fraction of sp³-hybridized carbons (Fsp3) is 0. The maximum Gasteiger partial charge on any atom is 0.258 e. The van der Waals surface area contributed by atoms with Crippen molar-refractivity contribution in [1.82, 2.24) is 0 Å². The molecule has 0 atom stereocenters. The van der Waals surface area contributed by atoms with E-state index in [9.17, 15) is 9.59 Å². The molecule has 0 aromatic heterocycles. The molecule has 0 fully saturated rings. The zero-order valence-corrected chi connectivity index (χ0v) is 9.78. The number of para-hydroxylation sites is 1. The molecule has 0 aliphatic carbocycles. The average molecular weight is 243 g/mol. The summed E-state index contributed by atoms with van der Waals surface area (Å²) in [5.74, 6) is -0.563. The van der Waals surface area contributed by atoms with Gasteiger partial charge in [-0.15, -0.1) is 0 Å². The van der Waals surface area contributed by atoms with Crippen molar-refractivity contribution in [2.75, 3.05) is 4.90 Å². The van der Waals surface area contributed by atoms with E-state index in [0.717, 1.165) is 4.90 Å². The summed E-state index contributed by atoms with van der Waals surface area (Å²) < 4.78 is 4.36. The zero-order valence-electron chi connectivity index (χ0n) is 9.78. The van der Waals surface area contributed by atoms with E-state index in [2.05, 4.69) is 17.9 Å². The number of ether oxygens (including phenoxy) is 1. The second-order valence-electron chi connectivity index (χ2n) is 3.15. The van der Waals surface area contributed by atoms with Crippen LogP contribution in [0.5, 0.6) is 0 Å². The van der Waals surface area contributed by atoms with Gasteiger partial charge in [0.15, 0.2) is 0 Å². The van der Waals surface area contributed by atoms with E-state index in [-0.39, 0.29) is 11.8 Å². The summed E-state index contributed by atoms with van der Waals surface area (Å²) in [6.07, 6.45) is 5.17. The number of rotatable bonds is 3. The molecule has 1 aromatic rings. The van der Waals surface area contributed by atoms with Crippen molar-refractivity contribution < 1.29 is 14.3 Å². The highest BCUT2D eigenvalue weighted by Gasteiger charge is 2.24. The van der Waals surface area contributed by atoms with Crippen molar-refractivity contribution in [3.63, 3.8) is 0 Å². The molecule has 0 N–H and O–H groups in total. The largest absolute Gasteiger partial charge is 0.474 e. The van der Waals surface area contributed by atoms with E-state index in [0.29, 0.717) is 5.69 Å². The van der Waals surface area contributed by atoms with Crippen LogP contribution in [0.25, 0.3) is 0 Å². The minimum absolute atomic E-state index is 0.281.